The molecular weight excluding hydrogens is 339 g/mol. The molecule has 26 heavy (non-hydrogen) atoms. The van der Waals surface area contributed by atoms with E-state index in [9.17, 15) is 14.0 Å². The van der Waals surface area contributed by atoms with Crippen LogP contribution in [0.25, 0.3) is 10.9 Å². The first-order chi connectivity index (χ1) is 12.5. The van der Waals surface area contributed by atoms with Crippen molar-refractivity contribution in [2.24, 2.45) is 0 Å². The average molecular weight is 360 g/mol. The Morgan fingerprint density at radius 2 is 1.96 bits per heavy atom. The molecule has 3 rings (SSSR count). The van der Waals surface area contributed by atoms with Crippen LogP contribution in [0, 0.1) is 5.82 Å². The molecule has 1 aliphatic heterocycles. The number of nitrogens with one attached hydrogen (secondary N) is 1. The Morgan fingerprint density at radius 3 is 2.62 bits per heavy atom. The van der Waals surface area contributed by atoms with Crippen LogP contribution in [0.1, 0.15) is 18.2 Å². The summed E-state index contributed by atoms with van der Waals surface area (Å²) in [5, 5.41) is 0.704. The number of carbonyl (C=O) groups is 2. The second kappa shape index (κ2) is 7.19. The summed E-state index contributed by atoms with van der Waals surface area (Å²) in [6.45, 7) is 2.96. The number of halogens is 1. The smallest absolute Gasteiger partial charge is 0.354 e. The van der Waals surface area contributed by atoms with E-state index in [4.69, 9.17) is 9.47 Å². The molecule has 0 spiro atoms. The van der Waals surface area contributed by atoms with Gasteiger partial charge in [0.05, 0.1) is 19.8 Å². The molecule has 0 radical (unpaired) electrons. The molecule has 6 nitrogen and oxygen atoms in total. The molecule has 1 N–H and O–H groups in total. The standard InChI is InChI=1S/C19H21FN2O4/c1-4-22-8-7-16-13(12-9-11(20)5-6-15(12)21-16)10-14(18(23)25-2)17(22)19(24)26-3/h5-6,9,21H,4,7-8,10H2,1-3H3/b17-14+. The number of nitrogens with zero attached hydrogens (tertiary/aromatic N) is 1. The maximum Gasteiger partial charge on any atom is 0.354 e. The van der Waals surface area contributed by atoms with Gasteiger partial charge in [0.1, 0.15) is 11.5 Å². The number of benzene rings is 1. The molecule has 0 aliphatic carbocycles. The summed E-state index contributed by atoms with van der Waals surface area (Å²) < 4.78 is 23.6. The summed E-state index contributed by atoms with van der Waals surface area (Å²) >= 11 is 0. The van der Waals surface area contributed by atoms with Gasteiger partial charge in [0.25, 0.3) is 0 Å². The molecule has 0 amide bonds. The summed E-state index contributed by atoms with van der Waals surface area (Å²) in [6.07, 6.45) is 0.792. The SMILES string of the molecule is CCN1CCc2[nH]c3ccc(F)cc3c2C/C(C(=O)OC)=C\1C(=O)OC. The lowest BCUT2D eigenvalue weighted by atomic mass is 9.96. The van der Waals surface area contributed by atoms with Crippen LogP contribution in [-0.4, -0.2) is 49.1 Å². The lowest BCUT2D eigenvalue weighted by Gasteiger charge is -2.28. The van der Waals surface area contributed by atoms with E-state index < -0.39 is 11.9 Å². The normalized spacial score (nSPS) is 17.5. The highest BCUT2D eigenvalue weighted by atomic mass is 19.1. The fourth-order valence-corrected chi connectivity index (χ4v) is 3.46. The third kappa shape index (κ3) is 3.05. The number of hydrogen-bond acceptors (Lipinski definition) is 5. The van der Waals surface area contributed by atoms with Gasteiger partial charge in [0.15, 0.2) is 0 Å². The van der Waals surface area contributed by atoms with Crippen molar-refractivity contribution >= 4 is 22.8 Å². The molecule has 1 aromatic heterocycles. The first kappa shape index (κ1) is 18.0. The number of H-pyrrole nitrogens is 1. The van der Waals surface area contributed by atoms with Gasteiger partial charge in [0.2, 0.25) is 0 Å². The maximum atomic E-state index is 13.8. The van der Waals surface area contributed by atoms with Gasteiger partial charge in [-0.05, 0) is 30.7 Å². The molecular formula is C19H21FN2O4. The number of hydrogen-bond donors (Lipinski definition) is 1. The molecule has 0 bridgehead atoms. The number of ether oxygens (including phenoxy) is 2. The van der Waals surface area contributed by atoms with Crippen LogP contribution in [0.15, 0.2) is 29.5 Å². The highest BCUT2D eigenvalue weighted by Gasteiger charge is 2.30. The van der Waals surface area contributed by atoms with E-state index in [1.807, 2.05) is 11.8 Å². The molecule has 2 aromatic rings. The number of rotatable bonds is 3. The Bertz CT molecular complexity index is 900. The third-order valence-corrected chi connectivity index (χ3v) is 4.74. The number of methoxy groups -OCH3 is 2. The average Bonchev–Trinajstić information content (AvgIpc) is 2.96. The third-order valence-electron chi connectivity index (χ3n) is 4.74. The van der Waals surface area contributed by atoms with Gasteiger partial charge < -0.3 is 19.4 Å². The number of likely N-dealkylation sites (N-methyl/N-ethyl adjacent to an activating group) is 1. The van der Waals surface area contributed by atoms with Gasteiger partial charge in [-0.25, -0.2) is 14.0 Å². The topological polar surface area (TPSA) is 71.6 Å². The van der Waals surface area contributed by atoms with Crippen molar-refractivity contribution in [3.05, 3.63) is 46.5 Å². The van der Waals surface area contributed by atoms with Gasteiger partial charge >= 0.3 is 11.9 Å². The lowest BCUT2D eigenvalue weighted by molar-refractivity contribution is -0.141. The quantitative estimate of drug-likeness (QED) is 0.851. The van der Waals surface area contributed by atoms with Crippen molar-refractivity contribution in [2.45, 2.75) is 19.8 Å². The predicted molar refractivity (Wildman–Crippen MR) is 94.0 cm³/mol. The minimum atomic E-state index is -0.595. The van der Waals surface area contributed by atoms with E-state index in [0.717, 1.165) is 16.8 Å². The van der Waals surface area contributed by atoms with E-state index in [1.54, 1.807) is 6.07 Å². The Hall–Kier alpha value is -2.83. The number of aromatic nitrogens is 1. The Balaban J connectivity index is 2.24. The summed E-state index contributed by atoms with van der Waals surface area (Å²) in [5.41, 5.74) is 2.95. The highest BCUT2D eigenvalue weighted by molar-refractivity contribution is 6.01. The fourth-order valence-electron chi connectivity index (χ4n) is 3.46. The van der Waals surface area contributed by atoms with Gasteiger partial charge in [-0.15, -0.1) is 0 Å². The van der Waals surface area contributed by atoms with E-state index in [1.165, 1.54) is 26.4 Å². The number of fused-ring (bicyclic) bond motifs is 3. The summed E-state index contributed by atoms with van der Waals surface area (Å²) in [6, 6.07) is 4.51. The summed E-state index contributed by atoms with van der Waals surface area (Å²) in [7, 11) is 2.55. The summed E-state index contributed by atoms with van der Waals surface area (Å²) in [4.78, 5) is 30.0. The predicted octanol–water partition coefficient (Wildman–Crippen LogP) is 2.33. The Labute approximate surface area is 150 Å². The van der Waals surface area contributed by atoms with E-state index >= 15 is 0 Å². The van der Waals surface area contributed by atoms with Crippen molar-refractivity contribution in [3.63, 3.8) is 0 Å². The minimum Gasteiger partial charge on any atom is -0.466 e. The lowest BCUT2D eigenvalue weighted by Crippen LogP contribution is -2.35. The van der Waals surface area contributed by atoms with Crippen molar-refractivity contribution in [3.8, 4) is 0 Å². The number of carbonyl (C=O) groups excluding carboxylic acids is 2. The largest absolute Gasteiger partial charge is 0.466 e. The number of aromatic amines is 1. The van der Waals surface area contributed by atoms with E-state index in [2.05, 4.69) is 4.98 Å². The van der Waals surface area contributed by atoms with Gasteiger partial charge in [-0.2, -0.15) is 0 Å². The van der Waals surface area contributed by atoms with Crippen LogP contribution in [0.2, 0.25) is 0 Å². The second-order valence-electron chi connectivity index (χ2n) is 6.09. The molecule has 2 heterocycles. The van der Waals surface area contributed by atoms with Crippen molar-refractivity contribution in [1.29, 1.82) is 0 Å². The van der Waals surface area contributed by atoms with Gasteiger partial charge in [-0.3, -0.25) is 0 Å². The van der Waals surface area contributed by atoms with E-state index in [-0.39, 0.29) is 23.5 Å². The molecule has 138 valence electrons. The van der Waals surface area contributed by atoms with Gasteiger partial charge in [0, 0.05) is 42.5 Å². The number of esters is 2. The molecule has 0 saturated heterocycles. The zero-order chi connectivity index (χ0) is 18.8. The second-order valence-corrected chi connectivity index (χ2v) is 6.09. The molecule has 0 unspecified atom stereocenters. The Morgan fingerprint density at radius 1 is 1.23 bits per heavy atom. The van der Waals surface area contributed by atoms with Crippen LogP contribution in [0.3, 0.4) is 0 Å². The fraction of sp³-hybridized carbons (Fsp3) is 0.368. The molecule has 7 heteroatoms. The van der Waals surface area contributed by atoms with Crippen LogP contribution in [0.5, 0.6) is 0 Å². The Kier molecular flexibility index (Phi) is 4.97. The van der Waals surface area contributed by atoms with Crippen molar-refractivity contribution < 1.29 is 23.5 Å². The van der Waals surface area contributed by atoms with Crippen LogP contribution >= 0.6 is 0 Å². The van der Waals surface area contributed by atoms with E-state index in [0.29, 0.717) is 24.9 Å². The zero-order valence-electron chi connectivity index (χ0n) is 15.0. The molecule has 0 fully saturated rings. The van der Waals surface area contributed by atoms with Crippen molar-refractivity contribution in [2.75, 3.05) is 27.3 Å². The molecule has 0 atom stereocenters. The van der Waals surface area contributed by atoms with Crippen molar-refractivity contribution in [1.82, 2.24) is 9.88 Å². The summed E-state index contributed by atoms with van der Waals surface area (Å²) in [5.74, 6) is -1.53. The van der Waals surface area contributed by atoms with Crippen LogP contribution in [0.4, 0.5) is 4.39 Å². The molecule has 0 saturated carbocycles. The molecule has 1 aliphatic rings. The molecule has 1 aromatic carbocycles. The highest BCUT2D eigenvalue weighted by Crippen LogP contribution is 2.30. The van der Waals surface area contributed by atoms with Crippen LogP contribution < -0.4 is 0 Å². The monoisotopic (exact) mass is 360 g/mol. The first-order valence-corrected chi connectivity index (χ1v) is 8.43. The van der Waals surface area contributed by atoms with Gasteiger partial charge in [-0.1, -0.05) is 0 Å². The minimum absolute atomic E-state index is 0.159. The zero-order valence-corrected chi connectivity index (χ0v) is 15.0. The first-order valence-electron chi connectivity index (χ1n) is 8.43. The van der Waals surface area contributed by atoms with Crippen LogP contribution in [-0.2, 0) is 31.9 Å². The maximum absolute atomic E-state index is 13.8.